The first-order valence-electron chi connectivity index (χ1n) is 7.17. The molecule has 3 nitrogen and oxygen atoms in total. The van der Waals surface area contributed by atoms with Crippen LogP contribution in [0.1, 0.15) is 15.9 Å². The smallest absolute Gasteiger partial charge is 0.252 e. The highest BCUT2D eigenvalue weighted by Gasteiger charge is 2.12. The van der Waals surface area contributed by atoms with Gasteiger partial charge in [0.1, 0.15) is 0 Å². The van der Waals surface area contributed by atoms with Crippen molar-refractivity contribution < 1.29 is 4.79 Å². The Labute approximate surface area is 129 Å². The Balaban J connectivity index is 1.81. The Bertz CT molecular complexity index is 755. The average Bonchev–Trinajstić information content (AvgIpc) is 2.61. The van der Waals surface area contributed by atoms with Crippen LogP contribution < -0.4 is 5.32 Å². The van der Waals surface area contributed by atoms with E-state index in [9.17, 15) is 4.79 Å². The molecule has 1 heterocycles. The molecule has 22 heavy (non-hydrogen) atoms. The van der Waals surface area contributed by atoms with Crippen LogP contribution in [0.15, 0.2) is 79.0 Å². The molecule has 0 unspecified atom stereocenters. The number of aromatic nitrogens is 1. The normalized spacial score (nSPS) is 10.2. The molecule has 0 spiro atoms. The van der Waals surface area contributed by atoms with Gasteiger partial charge in [0.25, 0.3) is 5.91 Å². The highest BCUT2D eigenvalue weighted by molar-refractivity contribution is 6.00. The van der Waals surface area contributed by atoms with Gasteiger partial charge in [-0.1, -0.05) is 54.6 Å². The fourth-order valence-electron chi connectivity index (χ4n) is 2.30. The summed E-state index contributed by atoms with van der Waals surface area (Å²) >= 11 is 0. The van der Waals surface area contributed by atoms with Gasteiger partial charge in [-0.25, -0.2) is 0 Å². The van der Waals surface area contributed by atoms with E-state index in [0.717, 1.165) is 16.8 Å². The molecule has 0 radical (unpaired) electrons. The van der Waals surface area contributed by atoms with Crippen molar-refractivity contribution in [3.05, 3.63) is 90.1 Å². The van der Waals surface area contributed by atoms with Crippen LogP contribution in [-0.4, -0.2) is 10.9 Å². The highest BCUT2D eigenvalue weighted by atomic mass is 16.1. The molecule has 0 aliphatic carbocycles. The van der Waals surface area contributed by atoms with Gasteiger partial charge in [0.15, 0.2) is 0 Å². The number of carbonyl (C=O) groups excluding carboxylic acids is 1. The molecule has 3 heteroatoms. The number of hydrogen-bond acceptors (Lipinski definition) is 2. The summed E-state index contributed by atoms with van der Waals surface area (Å²) in [5.41, 5.74) is 3.35. The lowest BCUT2D eigenvalue weighted by molar-refractivity contribution is 0.0951. The Morgan fingerprint density at radius 2 is 1.59 bits per heavy atom. The lowest BCUT2D eigenvalue weighted by atomic mass is 10.0. The fraction of sp³-hybridized carbons (Fsp3) is 0.0526. The first-order chi connectivity index (χ1) is 10.8. The first-order valence-corrected chi connectivity index (χ1v) is 7.17. The quantitative estimate of drug-likeness (QED) is 0.795. The molecule has 0 aliphatic rings. The molecule has 3 rings (SSSR count). The maximum Gasteiger partial charge on any atom is 0.252 e. The zero-order chi connectivity index (χ0) is 15.2. The first kappa shape index (κ1) is 14.0. The van der Waals surface area contributed by atoms with Crippen molar-refractivity contribution in [1.82, 2.24) is 10.3 Å². The Morgan fingerprint density at radius 1 is 0.864 bits per heavy atom. The summed E-state index contributed by atoms with van der Waals surface area (Å²) in [5, 5.41) is 2.96. The van der Waals surface area contributed by atoms with Gasteiger partial charge in [-0.15, -0.1) is 0 Å². The maximum atomic E-state index is 12.5. The Kier molecular flexibility index (Phi) is 4.25. The second-order valence-corrected chi connectivity index (χ2v) is 4.93. The van der Waals surface area contributed by atoms with E-state index in [1.54, 1.807) is 6.20 Å². The number of carbonyl (C=O) groups is 1. The van der Waals surface area contributed by atoms with Gasteiger partial charge in [-0.2, -0.15) is 0 Å². The number of hydrogen-bond donors (Lipinski definition) is 1. The molecule has 3 aromatic rings. The minimum absolute atomic E-state index is 0.0925. The molecular weight excluding hydrogens is 272 g/mol. The molecule has 0 saturated heterocycles. The third kappa shape index (κ3) is 3.20. The summed E-state index contributed by atoms with van der Waals surface area (Å²) in [6.45, 7) is 0.510. The topological polar surface area (TPSA) is 42.0 Å². The van der Waals surface area contributed by atoms with Gasteiger partial charge >= 0.3 is 0 Å². The van der Waals surface area contributed by atoms with E-state index in [1.165, 1.54) is 0 Å². The second kappa shape index (κ2) is 6.68. The van der Waals surface area contributed by atoms with Gasteiger partial charge in [0.2, 0.25) is 0 Å². The van der Waals surface area contributed by atoms with Crippen LogP contribution in [-0.2, 0) is 6.54 Å². The lowest BCUT2D eigenvalue weighted by Gasteiger charge is -2.10. The van der Waals surface area contributed by atoms with Crippen molar-refractivity contribution in [1.29, 1.82) is 0 Å². The van der Waals surface area contributed by atoms with Crippen molar-refractivity contribution in [2.45, 2.75) is 6.54 Å². The van der Waals surface area contributed by atoms with E-state index in [1.807, 2.05) is 72.8 Å². The van der Waals surface area contributed by atoms with Gasteiger partial charge in [-0.3, -0.25) is 9.78 Å². The minimum Gasteiger partial charge on any atom is -0.348 e. The minimum atomic E-state index is -0.0925. The van der Waals surface area contributed by atoms with E-state index in [-0.39, 0.29) is 5.91 Å². The zero-order valence-corrected chi connectivity index (χ0v) is 12.1. The molecule has 108 valence electrons. The summed E-state index contributed by atoms with van der Waals surface area (Å²) in [6.07, 6.45) is 1.73. The summed E-state index contributed by atoms with van der Waals surface area (Å²) in [4.78, 5) is 16.8. The molecule has 1 amide bonds. The highest BCUT2D eigenvalue weighted by Crippen LogP contribution is 2.21. The Morgan fingerprint density at radius 3 is 2.36 bits per heavy atom. The van der Waals surface area contributed by atoms with Crippen LogP contribution in [0.2, 0.25) is 0 Å². The number of benzene rings is 2. The van der Waals surface area contributed by atoms with E-state index in [2.05, 4.69) is 10.3 Å². The third-order valence-corrected chi connectivity index (χ3v) is 3.41. The molecule has 0 atom stereocenters. The van der Waals surface area contributed by atoms with Gasteiger partial charge in [-0.05, 0) is 23.8 Å². The summed E-state index contributed by atoms with van der Waals surface area (Å²) < 4.78 is 0. The summed E-state index contributed by atoms with van der Waals surface area (Å²) in [5.74, 6) is -0.0925. The standard InChI is InChI=1S/C19H16N2O/c22-19(21-14-15-8-2-1-3-9-15)17-11-5-4-10-16(17)18-12-6-7-13-20-18/h1-13H,14H2,(H,21,22). The molecule has 2 aromatic carbocycles. The van der Waals surface area contributed by atoms with E-state index in [0.29, 0.717) is 12.1 Å². The predicted molar refractivity (Wildman–Crippen MR) is 87.3 cm³/mol. The molecular formula is C19H16N2O. The van der Waals surface area contributed by atoms with Crippen molar-refractivity contribution in [3.8, 4) is 11.3 Å². The largest absolute Gasteiger partial charge is 0.348 e. The molecule has 1 N–H and O–H groups in total. The van der Waals surface area contributed by atoms with Crippen molar-refractivity contribution in [2.75, 3.05) is 0 Å². The Hall–Kier alpha value is -2.94. The van der Waals surface area contributed by atoms with Gasteiger partial charge in [0, 0.05) is 23.9 Å². The second-order valence-electron chi connectivity index (χ2n) is 4.93. The van der Waals surface area contributed by atoms with Crippen molar-refractivity contribution in [3.63, 3.8) is 0 Å². The van der Waals surface area contributed by atoms with E-state index in [4.69, 9.17) is 0 Å². The van der Waals surface area contributed by atoms with Crippen LogP contribution in [0.3, 0.4) is 0 Å². The molecule has 0 aliphatic heterocycles. The summed E-state index contributed by atoms with van der Waals surface area (Å²) in [6, 6.07) is 23.1. The number of rotatable bonds is 4. The molecule has 0 saturated carbocycles. The van der Waals surface area contributed by atoms with Crippen LogP contribution in [0.5, 0.6) is 0 Å². The average molecular weight is 288 g/mol. The van der Waals surface area contributed by atoms with Crippen LogP contribution in [0, 0.1) is 0 Å². The van der Waals surface area contributed by atoms with Gasteiger partial charge in [0.05, 0.1) is 5.69 Å². The number of pyridine rings is 1. The summed E-state index contributed by atoms with van der Waals surface area (Å²) in [7, 11) is 0. The van der Waals surface area contributed by atoms with Crippen molar-refractivity contribution in [2.24, 2.45) is 0 Å². The van der Waals surface area contributed by atoms with Crippen molar-refractivity contribution >= 4 is 5.91 Å². The molecule has 0 bridgehead atoms. The molecule has 0 fully saturated rings. The SMILES string of the molecule is O=C(NCc1ccccc1)c1ccccc1-c1ccccn1. The number of nitrogens with one attached hydrogen (secondary N) is 1. The van der Waals surface area contributed by atoms with Crippen LogP contribution in [0.25, 0.3) is 11.3 Å². The number of nitrogens with zero attached hydrogens (tertiary/aromatic N) is 1. The van der Waals surface area contributed by atoms with Gasteiger partial charge < -0.3 is 5.32 Å². The maximum absolute atomic E-state index is 12.5. The van der Waals surface area contributed by atoms with E-state index >= 15 is 0 Å². The van der Waals surface area contributed by atoms with Crippen LogP contribution >= 0.6 is 0 Å². The monoisotopic (exact) mass is 288 g/mol. The van der Waals surface area contributed by atoms with Crippen LogP contribution in [0.4, 0.5) is 0 Å². The predicted octanol–water partition coefficient (Wildman–Crippen LogP) is 3.68. The number of amides is 1. The fourth-order valence-corrected chi connectivity index (χ4v) is 2.30. The lowest BCUT2D eigenvalue weighted by Crippen LogP contribution is -2.23. The third-order valence-electron chi connectivity index (χ3n) is 3.41. The molecule has 1 aromatic heterocycles. The zero-order valence-electron chi connectivity index (χ0n) is 12.1. The van der Waals surface area contributed by atoms with E-state index < -0.39 is 0 Å².